The minimum absolute atomic E-state index is 0.308. The first kappa shape index (κ1) is 13.3. The van der Waals surface area contributed by atoms with E-state index in [4.69, 9.17) is 10.6 Å². The third kappa shape index (κ3) is 3.41. The molecule has 1 aromatic heterocycles. The molecular formula is C11H10Br2N4O. The van der Waals surface area contributed by atoms with E-state index in [1.165, 1.54) is 0 Å². The van der Waals surface area contributed by atoms with Gasteiger partial charge in [0.1, 0.15) is 6.61 Å². The molecule has 1 heterocycles. The summed E-state index contributed by atoms with van der Waals surface area (Å²) < 4.78 is 7.29. The molecule has 0 unspecified atom stereocenters. The number of benzene rings is 1. The summed E-state index contributed by atoms with van der Waals surface area (Å²) in [4.78, 5) is 8.05. The number of halogens is 2. The Morgan fingerprint density at radius 2 is 2.17 bits per heavy atom. The molecule has 3 N–H and O–H groups in total. The zero-order chi connectivity index (χ0) is 13.0. The second-order valence-corrected chi connectivity index (χ2v) is 5.18. The molecule has 1 aromatic carbocycles. The van der Waals surface area contributed by atoms with Gasteiger partial charge in [-0.15, -0.1) is 0 Å². The smallest absolute Gasteiger partial charge is 0.240 e. The third-order valence-electron chi connectivity index (χ3n) is 2.11. The van der Waals surface area contributed by atoms with Gasteiger partial charge in [0.15, 0.2) is 0 Å². The first-order valence-electron chi connectivity index (χ1n) is 5.05. The maximum absolute atomic E-state index is 5.61. The van der Waals surface area contributed by atoms with Gasteiger partial charge in [0.2, 0.25) is 11.8 Å². The molecule has 7 heteroatoms. The van der Waals surface area contributed by atoms with Crippen LogP contribution in [0.25, 0.3) is 0 Å². The largest absolute Gasteiger partial charge is 0.472 e. The molecule has 0 bridgehead atoms. The Kier molecular flexibility index (Phi) is 4.51. The van der Waals surface area contributed by atoms with Gasteiger partial charge >= 0.3 is 0 Å². The fourth-order valence-electron chi connectivity index (χ4n) is 1.30. The highest BCUT2D eigenvalue weighted by atomic mass is 79.9. The molecule has 0 amide bonds. The van der Waals surface area contributed by atoms with Crippen LogP contribution in [0.3, 0.4) is 0 Å². The Hall–Kier alpha value is -1.18. The molecule has 0 radical (unpaired) electrons. The van der Waals surface area contributed by atoms with Crippen LogP contribution in [0.15, 0.2) is 39.4 Å². The Morgan fingerprint density at radius 1 is 1.33 bits per heavy atom. The van der Waals surface area contributed by atoms with Gasteiger partial charge in [0.05, 0.1) is 10.7 Å². The summed E-state index contributed by atoms with van der Waals surface area (Å²) in [7, 11) is 0. The summed E-state index contributed by atoms with van der Waals surface area (Å²) in [6.07, 6.45) is 1.58. The summed E-state index contributed by atoms with van der Waals surface area (Å²) >= 11 is 6.73. The second kappa shape index (κ2) is 6.12. The molecule has 0 aliphatic rings. The van der Waals surface area contributed by atoms with Crippen molar-refractivity contribution in [1.29, 1.82) is 0 Å². The zero-order valence-corrected chi connectivity index (χ0v) is 12.4. The molecule has 0 spiro atoms. The molecule has 2 rings (SSSR count). The van der Waals surface area contributed by atoms with Gasteiger partial charge in [0, 0.05) is 4.47 Å². The number of hydrazine groups is 1. The van der Waals surface area contributed by atoms with E-state index in [0.29, 0.717) is 22.9 Å². The molecule has 0 aliphatic carbocycles. The van der Waals surface area contributed by atoms with Crippen LogP contribution in [0.4, 0.5) is 5.95 Å². The summed E-state index contributed by atoms with van der Waals surface area (Å²) in [6, 6.07) is 7.87. The van der Waals surface area contributed by atoms with Crippen LogP contribution in [0.1, 0.15) is 5.56 Å². The van der Waals surface area contributed by atoms with E-state index < -0.39 is 0 Å². The number of hydrogen-bond donors (Lipinski definition) is 2. The van der Waals surface area contributed by atoms with E-state index in [1.807, 2.05) is 24.3 Å². The molecule has 94 valence electrons. The predicted octanol–water partition coefficient (Wildman–Crippen LogP) is 2.87. The van der Waals surface area contributed by atoms with Gasteiger partial charge in [0.25, 0.3) is 0 Å². The number of anilines is 1. The molecule has 18 heavy (non-hydrogen) atoms. The summed E-state index contributed by atoms with van der Waals surface area (Å²) in [6.45, 7) is 0.416. The van der Waals surface area contributed by atoms with Crippen molar-refractivity contribution in [3.63, 3.8) is 0 Å². The fourth-order valence-corrected chi connectivity index (χ4v) is 2.05. The number of hydrogen-bond acceptors (Lipinski definition) is 5. The molecule has 0 saturated carbocycles. The number of nitrogens with two attached hydrogens (primary N) is 1. The molecule has 5 nitrogen and oxygen atoms in total. The van der Waals surface area contributed by atoms with Crippen LogP contribution in [0.2, 0.25) is 0 Å². The molecule has 0 saturated heterocycles. The second-order valence-electron chi connectivity index (χ2n) is 3.41. The highest BCUT2D eigenvalue weighted by Crippen LogP contribution is 2.23. The highest BCUT2D eigenvalue weighted by molar-refractivity contribution is 9.10. The number of nitrogen functional groups attached to an aromatic ring is 1. The lowest BCUT2D eigenvalue weighted by atomic mass is 10.2. The van der Waals surface area contributed by atoms with Crippen molar-refractivity contribution in [1.82, 2.24) is 9.97 Å². The lowest BCUT2D eigenvalue weighted by Gasteiger charge is -2.08. The third-order valence-corrected chi connectivity index (χ3v) is 3.14. The van der Waals surface area contributed by atoms with Crippen LogP contribution in [0, 0.1) is 0 Å². The lowest BCUT2D eigenvalue weighted by Crippen LogP contribution is -2.11. The van der Waals surface area contributed by atoms with Crippen LogP contribution in [-0.2, 0) is 6.61 Å². The SMILES string of the molecule is NNc1ncc(Br)c(OCc2cccc(Br)c2)n1. The normalized spacial score (nSPS) is 10.2. The van der Waals surface area contributed by atoms with Gasteiger partial charge in [-0.3, -0.25) is 5.43 Å². The summed E-state index contributed by atoms with van der Waals surface area (Å²) in [5, 5.41) is 0. The number of nitrogens with one attached hydrogen (secondary N) is 1. The Balaban J connectivity index is 2.10. The van der Waals surface area contributed by atoms with Crippen molar-refractivity contribution in [2.75, 3.05) is 5.43 Å². The van der Waals surface area contributed by atoms with Crippen LogP contribution in [0.5, 0.6) is 5.88 Å². The van der Waals surface area contributed by atoms with E-state index in [0.717, 1.165) is 10.0 Å². The van der Waals surface area contributed by atoms with Gasteiger partial charge in [-0.1, -0.05) is 28.1 Å². The molecule has 2 aromatic rings. The van der Waals surface area contributed by atoms with E-state index in [-0.39, 0.29) is 0 Å². The Bertz CT molecular complexity index is 550. The first-order chi connectivity index (χ1) is 8.69. The minimum atomic E-state index is 0.308. The molecule has 0 aliphatic heterocycles. The van der Waals surface area contributed by atoms with Gasteiger partial charge in [-0.2, -0.15) is 4.98 Å². The zero-order valence-electron chi connectivity index (χ0n) is 9.23. The van der Waals surface area contributed by atoms with E-state index >= 15 is 0 Å². The van der Waals surface area contributed by atoms with Crippen molar-refractivity contribution in [3.8, 4) is 5.88 Å². The summed E-state index contributed by atoms with van der Waals surface area (Å²) in [5.74, 6) is 5.99. The Labute approximate surface area is 121 Å². The van der Waals surface area contributed by atoms with E-state index in [2.05, 4.69) is 47.3 Å². The number of rotatable bonds is 4. The number of aromatic nitrogens is 2. The monoisotopic (exact) mass is 372 g/mol. The average molecular weight is 374 g/mol. The van der Waals surface area contributed by atoms with Crippen LogP contribution < -0.4 is 16.0 Å². The van der Waals surface area contributed by atoms with Crippen molar-refractivity contribution in [2.45, 2.75) is 6.61 Å². The minimum Gasteiger partial charge on any atom is -0.472 e. The van der Waals surface area contributed by atoms with Crippen molar-refractivity contribution in [2.24, 2.45) is 5.84 Å². The Morgan fingerprint density at radius 3 is 2.89 bits per heavy atom. The van der Waals surface area contributed by atoms with Crippen molar-refractivity contribution >= 4 is 37.8 Å². The van der Waals surface area contributed by atoms with E-state index in [9.17, 15) is 0 Å². The lowest BCUT2D eigenvalue weighted by molar-refractivity contribution is 0.291. The molecule has 0 atom stereocenters. The maximum atomic E-state index is 5.61. The van der Waals surface area contributed by atoms with Crippen molar-refractivity contribution < 1.29 is 4.74 Å². The van der Waals surface area contributed by atoms with E-state index in [1.54, 1.807) is 6.20 Å². The topological polar surface area (TPSA) is 73.1 Å². The van der Waals surface area contributed by atoms with Crippen molar-refractivity contribution in [3.05, 3.63) is 45.0 Å². The average Bonchev–Trinajstić information content (AvgIpc) is 2.38. The highest BCUT2D eigenvalue weighted by Gasteiger charge is 2.06. The number of ether oxygens (including phenoxy) is 1. The maximum Gasteiger partial charge on any atom is 0.240 e. The summed E-state index contributed by atoms with van der Waals surface area (Å²) in [5.41, 5.74) is 3.41. The predicted molar refractivity (Wildman–Crippen MR) is 76.0 cm³/mol. The molecular weight excluding hydrogens is 364 g/mol. The van der Waals surface area contributed by atoms with Gasteiger partial charge < -0.3 is 4.74 Å². The fraction of sp³-hybridized carbons (Fsp3) is 0.0909. The van der Waals surface area contributed by atoms with Crippen LogP contribution in [-0.4, -0.2) is 9.97 Å². The number of nitrogens with zero attached hydrogens (tertiary/aromatic N) is 2. The standard InChI is InChI=1S/C11H10Br2N4O/c12-8-3-1-2-7(4-8)6-18-10-9(13)5-15-11(16-10)17-14/h1-5H,6,14H2,(H,15,16,17). The van der Waals surface area contributed by atoms with Crippen LogP contribution >= 0.6 is 31.9 Å². The molecule has 0 fully saturated rings. The quantitative estimate of drug-likeness (QED) is 0.636. The van der Waals surface area contributed by atoms with Gasteiger partial charge in [-0.25, -0.2) is 10.8 Å². The van der Waals surface area contributed by atoms with Gasteiger partial charge in [-0.05, 0) is 33.6 Å². The first-order valence-corrected chi connectivity index (χ1v) is 6.64.